The fraction of sp³-hybridized carbons (Fsp3) is 1.00. The molecular weight excluding hydrogens is 331 g/mol. The van der Waals surface area contributed by atoms with Crippen LogP contribution in [0, 0.1) is 0 Å². The number of hydrogen-bond donors (Lipinski definition) is 3. The summed E-state index contributed by atoms with van der Waals surface area (Å²) in [6.45, 7) is 2.28. The molecule has 0 rings (SSSR count). The molecule has 0 saturated carbocycles. The first-order valence-electron chi connectivity index (χ1n) is 10.9. The van der Waals surface area contributed by atoms with Gasteiger partial charge in [0.05, 0.1) is 13.4 Å². The maximum Gasteiger partial charge on any atom is 0.158 e. The van der Waals surface area contributed by atoms with E-state index in [1.165, 1.54) is 96.3 Å². The summed E-state index contributed by atoms with van der Waals surface area (Å²) in [5, 5.41) is 28.0. The molecule has 0 aromatic rings. The third-order valence-corrected chi connectivity index (χ3v) is 8.45. The van der Waals surface area contributed by atoms with E-state index in [-0.39, 0.29) is 19.0 Å². The summed E-state index contributed by atoms with van der Waals surface area (Å²) in [5.74, 6) is 0. The van der Waals surface area contributed by atoms with Crippen LogP contribution in [-0.2, 0) is 0 Å². The normalized spacial score (nSPS) is 12.0. The Balaban J connectivity index is 3.21. The number of unbranched alkanes of at least 4 members (excludes halogenated alkanes) is 15. The van der Waals surface area contributed by atoms with Crippen molar-refractivity contribution >= 4 is 7.26 Å². The molecule has 0 atom stereocenters. The van der Waals surface area contributed by atoms with Gasteiger partial charge in [0.2, 0.25) is 0 Å². The van der Waals surface area contributed by atoms with E-state index in [0.29, 0.717) is 0 Å². The molecule has 3 N–H and O–H groups in total. The molecule has 152 valence electrons. The zero-order chi connectivity index (χ0) is 18.6. The lowest BCUT2D eigenvalue weighted by Crippen LogP contribution is -2.11. The lowest BCUT2D eigenvalue weighted by atomic mass is 10.0. The smallest absolute Gasteiger partial charge is 0.158 e. The van der Waals surface area contributed by atoms with Gasteiger partial charge in [-0.25, -0.2) is 0 Å². The second kappa shape index (κ2) is 19.1. The van der Waals surface area contributed by atoms with E-state index in [0.717, 1.165) is 12.6 Å². The van der Waals surface area contributed by atoms with Crippen LogP contribution in [0.4, 0.5) is 0 Å². The average Bonchev–Trinajstić information content (AvgIpc) is 2.65. The quantitative estimate of drug-likeness (QED) is 0.177. The maximum absolute atomic E-state index is 9.33. The van der Waals surface area contributed by atoms with Crippen molar-refractivity contribution in [2.45, 2.75) is 110 Å². The van der Waals surface area contributed by atoms with E-state index in [4.69, 9.17) is 0 Å². The predicted molar refractivity (Wildman–Crippen MR) is 113 cm³/mol. The van der Waals surface area contributed by atoms with E-state index in [9.17, 15) is 15.3 Å². The van der Waals surface area contributed by atoms with E-state index in [2.05, 4.69) is 6.92 Å². The van der Waals surface area contributed by atoms with Crippen molar-refractivity contribution < 1.29 is 15.3 Å². The number of aliphatic hydroxyl groups excluding tert-OH is 3. The van der Waals surface area contributed by atoms with Gasteiger partial charge < -0.3 is 15.3 Å². The minimum absolute atomic E-state index is 0.0151. The van der Waals surface area contributed by atoms with Gasteiger partial charge in [-0.15, -0.1) is 0 Å². The Morgan fingerprint density at radius 2 is 0.720 bits per heavy atom. The van der Waals surface area contributed by atoms with Crippen LogP contribution in [0.2, 0.25) is 0 Å². The first kappa shape index (κ1) is 25.3. The largest absolute Gasteiger partial charge is 0.362 e. The molecule has 0 aliphatic rings. The lowest BCUT2D eigenvalue weighted by Gasteiger charge is -2.19. The molecule has 0 spiro atoms. The Labute approximate surface area is 158 Å². The molecule has 25 heavy (non-hydrogen) atoms. The van der Waals surface area contributed by atoms with Crippen molar-refractivity contribution in [1.82, 2.24) is 0 Å². The summed E-state index contributed by atoms with van der Waals surface area (Å²) in [5.41, 5.74) is 0. The second-order valence-corrected chi connectivity index (χ2v) is 11.8. The van der Waals surface area contributed by atoms with Crippen LogP contribution in [0.15, 0.2) is 0 Å². The fourth-order valence-corrected chi connectivity index (χ4v) is 4.93. The van der Waals surface area contributed by atoms with Crippen molar-refractivity contribution in [1.29, 1.82) is 0 Å². The van der Waals surface area contributed by atoms with E-state index >= 15 is 0 Å². The SMILES string of the molecule is CCCCCCCCCCCCCCCCCC[P+](CO)(CO)CO. The third kappa shape index (κ3) is 15.1. The zero-order valence-electron chi connectivity index (χ0n) is 16.9. The molecule has 0 fully saturated rings. The van der Waals surface area contributed by atoms with Gasteiger partial charge in [-0.1, -0.05) is 96.8 Å². The van der Waals surface area contributed by atoms with Gasteiger partial charge in [0.1, 0.15) is 0 Å². The molecule has 0 saturated heterocycles. The predicted octanol–water partition coefficient (Wildman–Crippen LogP) is 6.11. The summed E-state index contributed by atoms with van der Waals surface area (Å²) in [7, 11) is -1.86. The summed E-state index contributed by atoms with van der Waals surface area (Å²) in [6.07, 6.45) is 22.4. The van der Waals surface area contributed by atoms with Crippen molar-refractivity contribution in [2.24, 2.45) is 0 Å². The number of rotatable bonds is 20. The van der Waals surface area contributed by atoms with Crippen LogP contribution in [-0.4, -0.2) is 40.5 Å². The third-order valence-electron chi connectivity index (χ3n) is 5.39. The van der Waals surface area contributed by atoms with Crippen LogP contribution in [0.3, 0.4) is 0 Å². The molecule has 0 aliphatic heterocycles. The van der Waals surface area contributed by atoms with Gasteiger partial charge in [0.25, 0.3) is 0 Å². The van der Waals surface area contributed by atoms with Crippen LogP contribution >= 0.6 is 7.26 Å². The lowest BCUT2D eigenvalue weighted by molar-refractivity contribution is 0.311. The molecular formula is C21H46O3P+. The van der Waals surface area contributed by atoms with E-state index in [1.54, 1.807) is 0 Å². The van der Waals surface area contributed by atoms with Gasteiger partial charge in [0.15, 0.2) is 19.0 Å². The highest BCUT2D eigenvalue weighted by molar-refractivity contribution is 7.75. The van der Waals surface area contributed by atoms with Crippen LogP contribution in [0.25, 0.3) is 0 Å². The minimum atomic E-state index is -1.86. The monoisotopic (exact) mass is 377 g/mol. The first-order valence-corrected chi connectivity index (χ1v) is 13.5. The molecule has 3 nitrogen and oxygen atoms in total. The van der Waals surface area contributed by atoms with Crippen molar-refractivity contribution in [2.75, 3.05) is 25.2 Å². The molecule has 0 aromatic carbocycles. The summed E-state index contributed by atoms with van der Waals surface area (Å²) >= 11 is 0. The highest BCUT2D eigenvalue weighted by Crippen LogP contribution is 2.56. The molecule has 0 heterocycles. The standard InChI is InChI=1S/C21H46O3P/c1-2-3-4-5-6-7-8-9-10-11-12-13-14-15-16-17-18-25(19-22,20-23)21-24/h22-24H,2-21H2,1H3/q+1. The Kier molecular flexibility index (Phi) is 19.3. The first-order chi connectivity index (χ1) is 12.2. The molecule has 4 heteroatoms. The Bertz CT molecular complexity index is 249. The molecule has 0 unspecified atom stereocenters. The minimum Gasteiger partial charge on any atom is -0.362 e. The van der Waals surface area contributed by atoms with Crippen molar-refractivity contribution in [3.8, 4) is 0 Å². The van der Waals surface area contributed by atoms with Gasteiger partial charge in [-0.3, -0.25) is 0 Å². The summed E-state index contributed by atoms with van der Waals surface area (Å²) in [6, 6.07) is 0. The molecule has 0 bridgehead atoms. The Morgan fingerprint density at radius 3 is 1.00 bits per heavy atom. The molecule has 0 aromatic heterocycles. The molecule has 0 radical (unpaired) electrons. The van der Waals surface area contributed by atoms with E-state index in [1.807, 2.05) is 0 Å². The van der Waals surface area contributed by atoms with E-state index < -0.39 is 7.26 Å². The topological polar surface area (TPSA) is 60.7 Å². The summed E-state index contributed by atoms with van der Waals surface area (Å²) < 4.78 is 0. The van der Waals surface area contributed by atoms with Crippen LogP contribution in [0.1, 0.15) is 110 Å². The Morgan fingerprint density at radius 1 is 0.440 bits per heavy atom. The zero-order valence-corrected chi connectivity index (χ0v) is 17.8. The van der Waals surface area contributed by atoms with Crippen molar-refractivity contribution in [3.05, 3.63) is 0 Å². The van der Waals surface area contributed by atoms with Gasteiger partial charge in [-0.05, 0) is 12.8 Å². The number of hydrogen-bond acceptors (Lipinski definition) is 3. The average molecular weight is 378 g/mol. The fourth-order valence-electron chi connectivity index (χ4n) is 3.34. The van der Waals surface area contributed by atoms with Crippen molar-refractivity contribution in [3.63, 3.8) is 0 Å². The van der Waals surface area contributed by atoms with Gasteiger partial charge in [-0.2, -0.15) is 0 Å². The number of aliphatic hydroxyl groups is 3. The highest BCUT2D eigenvalue weighted by atomic mass is 31.2. The van der Waals surface area contributed by atoms with Crippen LogP contribution < -0.4 is 0 Å². The Hall–Kier alpha value is 0.310. The second-order valence-electron chi connectivity index (χ2n) is 7.79. The van der Waals surface area contributed by atoms with Crippen LogP contribution in [0.5, 0.6) is 0 Å². The highest BCUT2D eigenvalue weighted by Gasteiger charge is 2.34. The molecule has 0 aliphatic carbocycles. The van der Waals surface area contributed by atoms with Gasteiger partial charge >= 0.3 is 0 Å². The van der Waals surface area contributed by atoms with Gasteiger partial charge in [0, 0.05) is 0 Å². The maximum atomic E-state index is 9.33. The molecule has 0 amide bonds. The summed E-state index contributed by atoms with van der Waals surface area (Å²) in [4.78, 5) is 0.